The van der Waals surface area contributed by atoms with E-state index >= 15 is 0 Å². The van der Waals surface area contributed by atoms with Gasteiger partial charge in [0.15, 0.2) is 5.78 Å². The Morgan fingerprint density at radius 2 is 2.05 bits per heavy atom. The molecule has 1 aliphatic heterocycles. The molecule has 0 bridgehead atoms. The Hall–Kier alpha value is -1.86. The van der Waals surface area contributed by atoms with E-state index < -0.39 is 11.5 Å². The maximum Gasteiger partial charge on any atom is 0.240 e. The van der Waals surface area contributed by atoms with Gasteiger partial charge in [-0.2, -0.15) is 5.26 Å². The molecule has 0 N–H and O–H groups in total. The summed E-state index contributed by atoms with van der Waals surface area (Å²) < 4.78 is 0. The highest BCUT2D eigenvalue weighted by molar-refractivity contribution is 6.32. The first-order valence-electron chi connectivity index (χ1n) is 6.42. The number of hydrogen-bond acceptors (Lipinski definition) is 3. The van der Waals surface area contributed by atoms with Gasteiger partial charge >= 0.3 is 0 Å². The topological polar surface area (TPSA) is 61.2 Å². The summed E-state index contributed by atoms with van der Waals surface area (Å²) in [7, 11) is 0. The van der Waals surface area contributed by atoms with Gasteiger partial charge in [-0.05, 0) is 38.5 Å². The molecule has 1 aliphatic rings. The van der Waals surface area contributed by atoms with E-state index in [1.165, 1.54) is 4.90 Å². The molecule has 0 aliphatic carbocycles. The molecule has 4 nitrogen and oxygen atoms in total. The van der Waals surface area contributed by atoms with Crippen LogP contribution in [0.1, 0.15) is 32.8 Å². The quantitative estimate of drug-likeness (QED) is 0.787. The summed E-state index contributed by atoms with van der Waals surface area (Å²) in [4.78, 5) is 26.3. The summed E-state index contributed by atoms with van der Waals surface area (Å²) in [5.74, 6) is -0.305. The minimum atomic E-state index is -1.01. The van der Waals surface area contributed by atoms with Crippen molar-refractivity contribution in [1.82, 2.24) is 0 Å². The van der Waals surface area contributed by atoms with Crippen molar-refractivity contribution in [3.05, 3.63) is 28.8 Å². The van der Waals surface area contributed by atoms with Crippen LogP contribution in [0.5, 0.6) is 0 Å². The molecule has 0 spiro atoms. The summed E-state index contributed by atoms with van der Waals surface area (Å²) >= 11 is 6.01. The number of benzene rings is 1. The lowest BCUT2D eigenvalue weighted by atomic mass is 9.88. The SMILES string of the molecule is CCC1C(=O)C(C)(C)C(=O)N1c1ccc(C#N)c(Cl)c1. The van der Waals surface area contributed by atoms with E-state index in [9.17, 15) is 9.59 Å². The fourth-order valence-corrected chi connectivity index (χ4v) is 2.71. The third kappa shape index (κ3) is 1.99. The second-order valence-electron chi connectivity index (χ2n) is 5.36. The minimum Gasteiger partial charge on any atom is -0.301 e. The van der Waals surface area contributed by atoms with Gasteiger partial charge in [0.25, 0.3) is 0 Å². The summed E-state index contributed by atoms with van der Waals surface area (Å²) in [6.07, 6.45) is 0.547. The van der Waals surface area contributed by atoms with Crippen molar-refractivity contribution >= 4 is 29.0 Å². The lowest BCUT2D eigenvalue weighted by Gasteiger charge is -2.23. The highest BCUT2D eigenvalue weighted by Gasteiger charge is 2.52. The van der Waals surface area contributed by atoms with Crippen LogP contribution in [0.2, 0.25) is 5.02 Å². The molecule has 1 aromatic rings. The number of amides is 1. The van der Waals surface area contributed by atoms with Crippen molar-refractivity contribution in [1.29, 1.82) is 5.26 Å². The molecule has 1 atom stereocenters. The molecule has 104 valence electrons. The van der Waals surface area contributed by atoms with E-state index in [0.717, 1.165) is 0 Å². The summed E-state index contributed by atoms with van der Waals surface area (Å²) in [6.45, 7) is 5.16. The van der Waals surface area contributed by atoms with Crippen LogP contribution in [0.25, 0.3) is 0 Å². The van der Waals surface area contributed by atoms with Gasteiger partial charge in [0, 0.05) is 5.69 Å². The molecule has 1 unspecified atom stereocenters. The number of ketones is 1. The van der Waals surface area contributed by atoms with Crippen LogP contribution in [0.15, 0.2) is 18.2 Å². The van der Waals surface area contributed by atoms with Crippen LogP contribution < -0.4 is 4.90 Å². The lowest BCUT2D eigenvalue weighted by Crippen LogP contribution is -2.35. The molecule has 20 heavy (non-hydrogen) atoms. The van der Waals surface area contributed by atoms with Gasteiger partial charge in [0.1, 0.15) is 11.5 Å². The fourth-order valence-electron chi connectivity index (χ4n) is 2.49. The Balaban J connectivity index is 2.51. The summed E-state index contributed by atoms with van der Waals surface area (Å²) in [5.41, 5.74) is -0.105. The van der Waals surface area contributed by atoms with E-state index in [-0.39, 0.29) is 16.7 Å². The van der Waals surface area contributed by atoms with E-state index in [1.54, 1.807) is 32.0 Å². The number of Topliss-reactive ketones (excluding diaryl/α,β-unsaturated/α-hetero) is 1. The molecular formula is C15H15ClN2O2. The molecule has 0 saturated carbocycles. The van der Waals surface area contributed by atoms with Crippen molar-refractivity contribution < 1.29 is 9.59 Å². The van der Waals surface area contributed by atoms with Gasteiger partial charge in [0.2, 0.25) is 5.91 Å². The Bertz CT molecular complexity index is 631. The molecule has 0 radical (unpaired) electrons. The molecule has 1 aromatic carbocycles. The molecule has 5 heteroatoms. The number of nitrogens with zero attached hydrogens (tertiary/aromatic N) is 2. The predicted octanol–water partition coefficient (Wildman–Crippen LogP) is 2.93. The van der Waals surface area contributed by atoms with Crippen molar-refractivity contribution in [2.45, 2.75) is 33.2 Å². The minimum absolute atomic E-state index is 0.0783. The van der Waals surface area contributed by atoms with Crippen LogP contribution >= 0.6 is 11.6 Å². The van der Waals surface area contributed by atoms with Gasteiger partial charge in [-0.25, -0.2) is 0 Å². The second kappa shape index (κ2) is 4.92. The number of halogens is 1. The smallest absolute Gasteiger partial charge is 0.240 e. The second-order valence-corrected chi connectivity index (χ2v) is 5.77. The molecule has 1 amide bonds. The van der Waals surface area contributed by atoms with E-state index in [0.29, 0.717) is 17.7 Å². The van der Waals surface area contributed by atoms with E-state index in [1.807, 2.05) is 13.0 Å². The predicted molar refractivity (Wildman–Crippen MR) is 76.5 cm³/mol. The van der Waals surface area contributed by atoms with Gasteiger partial charge in [-0.3, -0.25) is 9.59 Å². The van der Waals surface area contributed by atoms with Gasteiger partial charge < -0.3 is 4.90 Å². The van der Waals surface area contributed by atoms with Crippen LogP contribution in [-0.4, -0.2) is 17.7 Å². The van der Waals surface area contributed by atoms with Gasteiger partial charge in [-0.15, -0.1) is 0 Å². The zero-order valence-corrected chi connectivity index (χ0v) is 12.4. The third-order valence-electron chi connectivity index (χ3n) is 3.72. The van der Waals surface area contributed by atoms with Crippen molar-refractivity contribution in [3.8, 4) is 6.07 Å². The monoisotopic (exact) mass is 290 g/mol. The Morgan fingerprint density at radius 3 is 2.55 bits per heavy atom. The first kappa shape index (κ1) is 14.5. The highest BCUT2D eigenvalue weighted by Crippen LogP contribution is 2.38. The molecule has 0 aromatic heterocycles. The first-order valence-corrected chi connectivity index (χ1v) is 6.80. The van der Waals surface area contributed by atoms with Crippen molar-refractivity contribution in [3.63, 3.8) is 0 Å². The Morgan fingerprint density at radius 1 is 1.40 bits per heavy atom. The van der Waals surface area contributed by atoms with Crippen LogP contribution in [0.3, 0.4) is 0 Å². The lowest BCUT2D eigenvalue weighted by molar-refractivity contribution is -0.132. The Labute approximate surface area is 122 Å². The van der Waals surface area contributed by atoms with Crippen molar-refractivity contribution in [2.24, 2.45) is 5.41 Å². The fraction of sp³-hybridized carbons (Fsp3) is 0.400. The average Bonchev–Trinajstić information content (AvgIpc) is 2.59. The molecule has 2 rings (SSSR count). The third-order valence-corrected chi connectivity index (χ3v) is 4.03. The maximum absolute atomic E-state index is 12.5. The number of rotatable bonds is 2. The molecule has 1 fully saturated rings. The zero-order chi connectivity index (χ0) is 15.1. The Kier molecular flexibility index (Phi) is 3.58. The van der Waals surface area contributed by atoms with Crippen LogP contribution in [0, 0.1) is 16.7 Å². The normalized spacial score (nSPS) is 21.1. The van der Waals surface area contributed by atoms with Gasteiger partial charge in [-0.1, -0.05) is 18.5 Å². The zero-order valence-electron chi connectivity index (χ0n) is 11.6. The molecule has 1 saturated heterocycles. The average molecular weight is 291 g/mol. The van der Waals surface area contributed by atoms with E-state index in [2.05, 4.69) is 0 Å². The highest BCUT2D eigenvalue weighted by atomic mass is 35.5. The molecular weight excluding hydrogens is 276 g/mol. The standard InChI is InChI=1S/C15H15ClN2O2/c1-4-12-13(19)15(2,3)14(20)18(12)10-6-5-9(8-17)11(16)7-10/h5-7,12H,4H2,1-3H3. The first-order chi connectivity index (χ1) is 9.34. The number of anilines is 1. The number of carbonyl (C=O) groups is 2. The van der Waals surface area contributed by atoms with Crippen LogP contribution in [0.4, 0.5) is 5.69 Å². The van der Waals surface area contributed by atoms with Crippen molar-refractivity contribution in [2.75, 3.05) is 4.90 Å². The molecule has 1 heterocycles. The number of hydrogen-bond donors (Lipinski definition) is 0. The number of nitriles is 1. The summed E-state index contributed by atoms with van der Waals surface area (Å²) in [5, 5.41) is 9.16. The van der Waals surface area contributed by atoms with Crippen LogP contribution in [-0.2, 0) is 9.59 Å². The summed E-state index contributed by atoms with van der Waals surface area (Å²) in [6, 6.07) is 6.28. The maximum atomic E-state index is 12.5. The van der Waals surface area contributed by atoms with E-state index in [4.69, 9.17) is 16.9 Å². The number of carbonyl (C=O) groups excluding carboxylic acids is 2. The van der Waals surface area contributed by atoms with Gasteiger partial charge in [0.05, 0.1) is 16.6 Å². The largest absolute Gasteiger partial charge is 0.301 e.